The Morgan fingerprint density at radius 1 is 1.27 bits per heavy atom. The van der Waals surface area contributed by atoms with Crippen molar-refractivity contribution in [1.29, 1.82) is 0 Å². The number of aryl methyl sites for hydroxylation is 2. The normalized spacial score (nSPS) is 10.1. The van der Waals surface area contributed by atoms with Crippen LogP contribution in [0.1, 0.15) is 30.5 Å². The van der Waals surface area contributed by atoms with Crippen LogP contribution < -0.4 is 5.90 Å². The van der Waals surface area contributed by atoms with Crippen LogP contribution in [0.2, 0.25) is 0 Å². The van der Waals surface area contributed by atoms with Gasteiger partial charge in [0.05, 0.1) is 6.42 Å². The molecule has 3 heteroatoms. The third-order valence-corrected chi connectivity index (χ3v) is 2.51. The fourth-order valence-electron chi connectivity index (χ4n) is 1.67. The molecule has 0 aliphatic carbocycles. The second-order valence-electron chi connectivity index (χ2n) is 3.48. The molecule has 0 unspecified atom stereocenters. The van der Waals surface area contributed by atoms with E-state index in [0.717, 1.165) is 18.4 Å². The van der Waals surface area contributed by atoms with Crippen LogP contribution in [0.5, 0.6) is 0 Å². The predicted molar refractivity (Wildman–Crippen MR) is 59.2 cm³/mol. The number of hydrogen-bond acceptors (Lipinski definition) is 3. The first-order valence-corrected chi connectivity index (χ1v) is 5.21. The van der Waals surface area contributed by atoms with Crippen LogP contribution in [-0.2, 0) is 28.9 Å². The lowest BCUT2D eigenvalue weighted by Gasteiger charge is -2.07. The summed E-state index contributed by atoms with van der Waals surface area (Å²) in [7, 11) is 0. The summed E-state index contributed by atoms with van der Waals surface area (Å²) in [5.41, 5.74) is 3.58. The Bertz CT molecular complexity index is 347. The minimum atomic E-state index is -0.402. The van der Waals surface area contributed by atoms with Gasteiger partial charge in [-0.3, -0.25) is 4.79 Å². The number of hydrogen-bond donors (Lipinski definition) is 1. The average molecular weight is 207 g/mol. The lowest BCUT2D eigenvalue weighted by molar-refractivity contribution is -0.143. The zero-order valence-corrected chi connectivity index (χ0v) is 9.25. The molecule has 0 radical (unpaired) electrons. The van der Waals surface area contributed by atoms with Crippen molar-refractivity contribution in [3.05, 3.63) is 34.9 Å². The molecule has 0 spiro atoms. The van der Waals surface area contributed by atoms with Crippen molar-refractivity contribution >= 4 is 5.97 Å². The molecule has 0 bridgehead atoms. The second kappa shape index (κ2) is 5.51. The molecule has 0 atom stereocenters. The van der Waals surface area contributed by atoms with Crippen LogP contribution in [0, 0.1) is 0 Å². The van der Waals surface area contributed by atoms with E-state index < -0.39 is 5.97 Å². The summed E-state index contributed by atoms with van der Waals surface area (Å²) in [6.45, 7) is 4.24. The van der Waals surface area contributed by atoms with Crippen molar-refractivity contribution in [2.45, 2.75) is 33.1 Å². The van der Waals surface area contributed by atoms with E-state index in [0.29, 0.717) is 0 Å². The third kappa shape index (κ3) is 3.06. The maximum atomic E-state index is 11.0. The van der Waals surface area contributed by atoms with Gasteiger partial charge < -0.3 is 4.84 Å². The first-order valence-electron chi connectivity index (χ1n) is 5.21. The predicted octanol–water partition coefficient (Wildman–Crippen LogP) is 1.77. The molecule has 0 amide bonds. The second-order valence-corrected chi connectivity index (χ2v) is 3.48. The van der Waals surface area contributed by atoms with Gasteiger partial charge in [0.25, 0.3) is 0 Å². The summed E-state index contributed by atoms with van der Waals surface area (Å²) in [5, 5.41) is 0. The number of nitrogens with two attached hydrogens (primary N) is 1. The average Bonchev–Trinajstić information content (AvgIpc) is 2.28. The fourth-order valence-corrected chi connectivity index (χ4v) is 1.67. The molecule has 0 aliphatic rings. The maximum absolute atomic E-state index is 11.0. The first-order chi connectivity index (χ1) is 7.21. The SMILES string of the molecule is CCc1ccc(CC(=O)ON)cc1CC. The molecule has 1 rings (SSSR count). The molecular weight excluding hydrogens is 190 g/mol. The van der Waals surface area contributed by atoms with Gasteiger partial charge >= 0.3 is 5.97 Å². The molecule has 3 nitrogen and oxygen atoms in total. The van der Waals surface area contributed by atoms with Crippen molar-refractivity contribution in [1.82, 2.24) is 0 Å². The van der Waals surface area contributed by atoms with Gasteiger partial charge in [-0.25, -0.2) is 0 Å². The van der Waals surface area contributed by atoms with E-state index in [4.69, 9.17) is 5.90 Å². The van der Waals surface area contributed by atoms with Crippen LogP contribution in [0.3, 0.4) is 0 Å². The molecule has 0 saturated carbocycles. The molecule has 0 aliphatic heterocycles. The van der Waals surface area contributed by atoms with Crippen molar-refractivity contribution in [2.75, 3.05) is 0 Å². The molecule has 0 saturated heterocycles. The van der Waals surface area contributed by atoms with Crippen LogP contribution in [-0.4, -0.2) is 5.97 Å². The highest BCUT2D eigenvalue weighted by atomic mass is 16.7. The Kier molecular flexibility index (Phi) is 4.31. The lowest BCUT2D eigenvalue weighted by atomic mass is 9.99. The Labute approximate surface area is 90.2 Å². The zero-order chi connectivity index (χ0) is 11.3. The number of carbonyl (C=O) groups is 1. The topological polar surface area (TPSA) is 52.3 Å². The highest BCUT2D eigenvalue weighted by molar-refractivity contribution is 5.72. The summed E-state index contributed by atoms with van der Waals surface area (Å²) in [5.74, 6) is 4.40. The van der Waals surface area contributed by atoms with Crippen molar-refractivity contribution in [2.24, 2.45) is 5.90 Å². The van der Waals surface area contributed by atoms with Gasteiger partial charge in [0.1, 0.15) is 0 Å². The minimum Gasteiger partial charge on any atom is -0.373 e. The minimum absolute atomic E-state index is 0.244. The van der Waals surface area contributed by atoms with Gasteiger partial charge in [0.2, 0.25) is 0 Å². The van der Waals surface area contributed by atoms with E-state index in [1.807, 2.05) is 6.07 Å². The van der Waals surface area contributed by atoms with Crippen molar-refractivity contribution < 1.29 is 9.63 Å². The van der Waals surface area contributed by atoms with Gasteiger partial charge in [0, 0.05) is 0 Å². The zero-order valence-electron chi connectivity index (χ0n) is 9.25. The molecule has 0 aromatic heterocycles. The standard InChI is InChI=1S/C12H17NO2/c1-3-10-6-5-9(7-11(10)4-2)8-12(14)15-13/h5-7H,3-4,8,13H2,1-2H3. The van der Waals surface area contributed by atoms with Gasteiger partial charge in [-0.2, -0.15) is 5.90 Å². The Hall–Kier alpha value is -1.35. The molecular formula is C12H17NO2. The highest BCUT2D eigenvalue weighted by Crippen LogP contribution is 2.14. The quantitative estimate of drug-likeness (QED) is 0.765. The van der Waals surface area contributed by atoms with E-state index in [1.54, 1.807) is 0 Å². The molecule has 0 fully saturated rings. The Morgan fingerprint density at radius 3 is 2.47 bits per heavy atom. The number of rotatable bonds is 4. The fraction of sp³-hybridized carbons (Fsp3) is 0.417. The van der Waals surface area contributed by atoms with Gasteiger partial charge in [-0.1, -0.05) is 32.0 Å². The van der Waals surface area contributed by atoms with E-state index in [-0.39, 0.29) is 6.42 Å². The highest BCUT2D eigenvalue weighted by Gasteiger charge is 2.05. The van der Waals surface area contributed by atoms with Crippen molar-refractivity contribution in [3.63, 3.8) is 0 Å². The third-order valence-electron chi connectivity index (χ3n) is 2.51. The summed E-state index contributed by atoms with van der Waals surface area (Å²) in [6.07, 6.45) is 2.24. The first kappa shape index (κ1) is 11.7. The van der Waals surface area contributed by atoms with Crippen LogP contribution in [0.4, 0.5) is 0 Å². The maximum Gasteiger partial charge on any atom is 0.328 e. The van der Waals surface area contributed by atoms with Crippen LogP contribution >= 0.6 is 0 Å². The number of carbonyl (C=O) groups excluding carboxylic acids is 1. The molecule has 2 N–H and O–H groups in total. The smallest absolute Gasteiger partial charge is 0.328 e. The summed E-state index contributed by atoms with van der Waals surface area (Å²) in [6, 6.07) is 6.07. The number of benzene rings is 1. The molecule has 82 valence electrons. The summed E-state index contributed by atoms with van der Waals surface area (Å²) in [4.78, 5) is 15.1. The summed E-state index contributed by atoms with van der Waals surface area (Å²) >= 11 is 0. The lowest BCUT2D eigenvalue weighted by Crippen LogP contribution is -2.12. The molecule has 15 heavy (non-hydrogen) atoms. The van der Waals surface area contributed by atoms with Gasteiger partial charge in [-0.05, 0) is 29.5 Å². The van der Waals surface area contributed by atoms with Crippen molar-refractivity contribution in [3.8, 4) is 0 Å². The van der Waals surface area contributed by atoms with E-state index >= 15 is 0 Å². The largest absolute Gasteiger partial charge is 0.373 e. The Balaban J connectivity index is 2.88. The molecule has 0 heterocycles. The van der Waals surface area contributed by atoms with Crippen LogP contribution in [0.15, 0.2) is 18.2 Å². The van der Waals surface area contributed by atoms with Gasteiger partial charge in [-0.15, -0.1) is 0 Å². The van der Waals surface area contributed by atoms with E-state index in [1.165, 1.54) is 11.1 Å². The monoisotopic (exact) mass is 207 g/mol. The molecule has 1 aromatic rings. The Morgan fingerprint density at radius 2 is 1.93 bits per heavy atom. The van der Waals surface area contributed by atoms with Gasteiger partial charge in [0.15, 0.2) is 0 Å². The summed E-state index contributed by atoms with van der Waals surface area (Å²) < 4.78 is 0. The van der Waals surface area contributed by atoms with Crippen LogP contribution in [0.25, 0.3) is 0 Å². The van der Waals surface area contributed by atoms with E-state index in [9.17, 15) is 4.79 Å². The molecule has 1 aromatic carbocycles. The van der Waals surface area contributed by atoms with E-state index in [2.05, 4.69) is 30.8 Å².